The maximum absolute atomic E-state index is 13.5. The first-order chi connectivity index (χ1) is 20.2. The fraction of sp³-hybridized carbons (Fsp3) is 0.0625. The maximum atomic E-state index is 13.5. The predicted octanol–water partition coefficient (Wildman–Crippen LogP) is 5.22. The van der Waals surface area contributed by atoms with E-state index in [4.69, 9.17) is 14.6 Å². The van der Waals surface area contributed by atoms with Crippen LogP contribution in [0.4, 0.5) is 0 Å². The summed E-state index contributed by atoms with van der Waals surface area (Å²) in [6.45, 7) is 0.274. The number of hydrogen-bond acceptors (Lipinski definition) is 7. The highest BCUT2D eigenvalue weighted by atomic mass is 32.1. The molecule has 0 saturated heterocycles. The van der Waals surface area contributed by atoms with Crippen LogP contribution in [0.3, 0.4) is 0 Å². The summed E-state index contributed by atoms with van der Waals surface area (Å²) in [5, 5.41) is 11.7. The summed E-state index contributed by atoms with van der Waals surface area (Å²) >= 11 is 1.29. The average molecular weight is 556 g/mol. The summed E-state index contributed by atoms with van der Waals surface area (Å²) in [6, 6.07) is 31.9. The number of para-hydroxylation sites is 3. The highest BCUT2D eigenvalue weighted by Crippen LogP contribution is 2.35. The normalized spacial score (nSPS) is 15.1. The molecule has 4 aromatic carbocycles. The molecule has 1 aliphatic heterocycles. The molecule has 0 bridgehead atoms. The van der Waals surface area contributed by atoms with Crippen LogP contribution in [0.2, 0.25) is 0 Å². The van der Waals surface area contributed by atoms with Crippen LogP contribution < -0.4 is 19.6 Å². The molecule has 4 heterocycles. The number of hydrogen-bond donors (Lipinski definition) is 0. The number of rotatable bonds is 4. The molecule has 0 fully saturated rings. The van der Waals surface area contributed by atoms with Gasteiger partial charge in [-0.25, -0.2) is 4.68 Å². The molecule has 3 aromatic heterocycles. The molecule has 1 aliphatic rings. The lowest BCUT2D eigenvalue weighted by Crippen LogP contribution is -2.26. The van der Waals surface area contributed by atoms with E-state index in [2.05, 4.69) is 40.4 Å². The van der Waals surface area contributed by atoms with Crippen LogP contribution in [0.15, 0.2) is 108 Å². The van der Waals surface area contributed by atoms with Gasteiger partial charge < -0.3 is 9.47 Å². The van der Waals surface area contributed by atoms with E-state index in [1.165, 1.54) is 15.9 Å². The van der Waals surface area contributed by atoms with Crippen molar-refractivity contribution in [3.63, 3.8) is 0 Å². The van der Waals surface area contributed by atoms with Crippen LogP contribution in [-0.2, 0) is 0 Å². The van der Waals surface area contributed by atoms with Gasteiger partial charge in [0, 0.05) is 17.3 Å². The molecule has 1 atom stereocenters. The Morgan fingerprint density at radius 1 is 0.854 bits per heavy atom. The standard InChI is InChI=1S/C32H21N5O3S/c38-31-28(41-32-33-30(35-37(31)32)27-19-39-25-12-6-7-13-26(25)40-27)17-23-18-36(24-10-2-1-3-11-24)34-29(23)22-15-14-20-8-4-5-9-21(20)16-22/h1-18,27H,19H2. The molecule has 0 aliphatic carbocycles. The number of ether oxygens (including phenoxy) is 2. The average Bonchev–Trinajstić information content (AvgIpc) is 3.72. The lowest BCUT2D eigenvalue weighted by atomic mass is 10.0. The topological polar surface area (TPSA) is 83.5 Å². The molecule has 9 heteroatoms. The maximum Gasteiger partial charge on any atom is 0.291 e. The summed E-state index contributed by atoms with van der Waals surface area (Å²) in [5.74, 6) is 1.74. The van der Waals surface area contributed by atoms with Crippen LogP contribution in [-0.4, -0.2) is 31.0 Å². The Kier molecular flexibility index (Phi) is 5.42. The fourth-order valence-corrected chi connectivity index (χ4v) is 5.95. The second-order valence-electron chi connectivity index (χ2n) is 9.72. The Morgan fingerprint density at radius 2 is 1.63 bits per heavy atom. The summed E-state index contributed by atoms with van der Waals surface area (Å²) in [4.78, 5) is 18.6. The second kappa shape index (κ2) is 9.42. The zero-order valence-corrected chi connectivity index (χ0v) is 22.4. The highest BCUT2D eigenvalue weighted by molar-refractivity contribution is 7.15. The number of benzene rings is 4. The van der Waals surface area contributed by atoms with Crippen LogP contribution in [0.1, 0.15) is 17.5 Å². The molecular weight excluding hydrogens is 534 g/mol. The molecule has 8 nitrogen and oxygen atoms in total. The van der Waals surface area contributed by atoms with Gasteiger partial charge in [-0.2, -0.15) is 14.6 Å². The van der Waals surface area contributed by atoms with Crippen molar-refractivity contribution in [2.24, 2.45) is 0 Å². The van der Waals surface area contributed by atoms with Crippen molar-refractivity contribution in [2.75, 3.05) is 6.61 Å². The molecule has 0 amide bonds. The van der Waals surface area contributed by atoms with Gasteiger partial charge in [0.1, 0.15) is 12.3 Å². The first-order valence-electron chi connectivity index (χ1n) is 13.1. The van der Waals surface area contributed by atoms with Crippen LogP contribution >= 0.6 is 11.3 Å². The molecule has 8 rings (SSSR count). The van der Waals surface area contributed by atoms with Crippen molar-refractivity contribution in [1.29, 1.82) is 0 Å². The Bertz CT molecular complexity index is 2180. The van der Waals surface area contributed by atoms with Crippen molar-refractivity contribution in [1.82, 2.24) is 24.4 Å². The van der Waals surface area contributed by atoms with Gasteiger partial charge in [0.15, 0.2) is 23.4 Å². The van der Waals surface area contributed by atoms with Crippen LogP contribution in [0, 0.1) is 0 Å². The van der Waals surface area contributed by atoms with Gasteiger partial charge in [0.2, 0.25) is 4.96 Å². The van der Waals surface area contributed by atoms with Gasteiger partial charge in [-0.1, -0.05) is 78.1 Å². The van der Waals surface area contributed by atoms with E-state index >= 15 is 0 Å². The molecule has 41 heavy (non-hydrogen) atoms. The van der Waals surface area contributed by atoms with Gasteiger partial charge in [-0.05, 0) is 47.2 Å². The molecule has 198 valence electrons. The Morgan fingerprint density at radius 3 is 2.49 bits per heavy atom. The lowest BCUT2D eigenvalue weighted by Gasteiger charge is -2.24. The van der Waals surface area contributed by atoms with E-state index in [1.54, 1.807) is 0 Å². The van der Waals surface area contributed by atoms with Crippen molar-refractivity contribution < 1.29 is 9.47 Å². The molecular formula is C32H21N5O3S. The Balaban J connectivity index is 1.21. The molecule has 0 spiro atoms. The Labute approximate surface area is 237 Å². The summed E-state index contributed by atoms with van der Waals surface area (Å²) in [5.41, 5.74) is 3.27. The first kappa shape index (κ1) is 23.6. The Hall–Kier alpha value is -5.28. The van der Waals surface area contributed by atoms with Gasteiger partial charge >= 0.3 is 0 Å². The number of fused-ring (bicyclic) bond motifs is 3. The number of thiazole rings is 1. The van der Waals surface area contributed by atoms with E-state index in [0.717, 1.165) is 33.3 Å². The monoisotopic (exact) mass is 555 g/mol. The van der Waals surface area contributed by atoms with Gasteiger partial charge in [0.05, 0.1) is 10.2 Å². The number of nitrogens with zero attached hydrogens (tertiary/aromatic N) is 5. The van der Waals surface area contributed by atoms with Crippen molar-refractivity contribution >= 4 is 33.1 Å². The fourth-order valence-electron chi connectivity index (χ4n) is 5.04. The third-order valence-electron chi connectivity index (χ3n) is 7.07. The van der Waals surface area contributed by atoms with Gasteiger partial charge in [-0.3, -0.25) is 4.79 Å². The van der Waals surface area contributed by atoms with Crippen molar-refractivity contribution in [2.45, 2.75) is 6.10 Å². The zero-order valence-electron chi connectivity index (χ0n) is 21.5. The van der Waals surface area contributed by atoms with Gasteiger partial charge in [0.25, 0.3) is 5.56 Å². The van der Waals surface area contributed by atoms with Crippen molar-refractivity contribution in [3.8, 4) is 28.4 Å². The van der Waals surface area contributed by atoms with E-state index in [9.17, 15) is 4.79 Å². The molecule has 0 radical (unpaired) electrons. The SMILES string of the molecule is O=c1c(=Cc2cn(-c3ccccc3)nc2-c2ccc3ccccc3c2)sc2nc(C3COc4ccccc4O3)nn12. The summed E-state index contributed by atoms with van der Waals surface area (Å²) in [7, 11) is 0. The minimum Gasteiger partial charge on any atom is -0.485 e. The largest absolute Gasteiger partial charge is 0.485 e. The minimum atomic E-state index is -0.493. The molecule has 0 saturated carbocycles. The quantitative estimate of drug-likeness (QED) is 0.296. The number of aromatic nitrogens is 5. The van der Waals surface area contributed by atoms with E-state index in [0.29, 0.717) is 26.8 Å². The molecule has 0 N–H and O–H groups in total. The third-order valence-corrected chi connectivity index (χ3v) is 8.03. The van der Waals surface area contributed by atoms with Crippen LogP contribution in [0.25, 0.3) is 38.8 Å². The predicted molar refractivity (Wildman–Crippen MR) is 158 cm³/mol. The van der Waals surface area contributed by atoms with E-state index < -0.39 is 6.10 Å². The van der Waals surface area contributed by atoms with Crippen molar-refractivity contribution in [3.05, 3.63) is 130 Å². The lowest BCUT2D eigenvalue weighted by molar-refractivity contribution is 0.0852. The minimum absolute atomic E-state index is 0.238. The highest BCUT2D eigenvalue weighted by Gasteiger charge is 2.27. The summed E-state index contributed by atoms with van der Waals surface area (Å²) in [6.07, 6.45) is 3.33. The molecule has 7 aromatic rings. The van der Waals surface area contributed by atoms with E-state index in [-0.39, 0.29) is 12.2 Å². The zero-order chi connectivity index (χ0) is 27.3. The third kappa shape index (κ3) is 4.14. The summed E-state index contributed by atoms with van der Waals surface area (Å²) < 4.78 is 15.6. The second-order valence-corrected chi connectivity index (χ2v) is 10.7. The molecule has 1 unspecified atom stereocenters. The van der Waals surface area contributed by atoms with Gasteiger partial charge in [-0.15, -0.1) is 5.10 Å². The first-order valence-corrected chi connectivity index (χ1v) is 14.0. The van der Waals surface area contributed by atoms with Crippen LogP contribution in [0.5, 0.6) is 11.5 Å². The van der Waals surface area contributed by atoms with E-state index in [1.807, 2.05) is 83.7 Å². The smallest absolute Gasteiger partial charge is 0.291 e.